The molecule has 1 unspecified atom stereocenters. The van der Waals surface area contributed by atoms with Crippen LogP contribution in [0, 0.1) is 5.92 Å². The summed E-state index contributed by atoms with van der Waals surface area (Å²) in [6, 6.07) is 1.88. The molecule has 1 N–H and O–H groups in total. The molecule has 0 spiro atoms. The van der Waals surface area contributed by atoms with Crippen LogP contribution in [-0.2, 0) is 6.54 Å². The summed E-state index contributed by atoms with van der Waals surface area (Å²) in [6.45, 7) is 3.66. The Kier molecular flexibility index (Phi) is 4.56. The number of amides is 1. The molecule has 1 aromatic rings. The molecule has 1 amide bonds. The number of aromatic nitrogens is 1. The van der Waals surface area contributed by atoms with Gasteiger partial charge in [0.25, 0.3) is 5.91 Å². The number of rotatable bonds is 4. The van der Waals surface area contributed by atoms with E-state index in [9.17, 15) is 4.79 Å². The Bertz CT molecular complexity index is 399. The maximum atomic E-state index is 12.0. The maximum Gasteiger partial charge on any atom is 0.267 e. The molecule has 2 heterocycles. The van der Waals surface area contributed by atoms with Crippen molar-refractivity contribution in [3.05, 3.63) is 22.4 Å². The Morgan fingerprint density at radius 2 is 2.53 bits per heavy atom. The van der Waals surface area contributed by atoms with E-state index in [2.05, 4.69) is 21.2 Å². The minimum atomic E-state index is 0.0365. The average molecular weight is 317 g/mol. The van der Waals surface area contributed by atoms with E-state index in [4.69, 9.17) is 0 Å². The summed E-state index contributed by atoms with van der Waals surface area (Å²) >= 11 is 5.38. The first-order valence-corrected chi connectivity index (χ1v) is 7.87. The van der Waals surface area contributed by atoms with Crippen molar-refractivity contribution in [2.45, 2.75) is 19.9 Å². The summed E-state index contributed by atoms with van der Waals surface area (Å²) in [4.78, 5) is 12.0. The number of hydrogen-bond acceptors (Lipinski definition) is 2. The lowest BCUT2D eigenvalue weighted by molar-refractivity contribution is 0.0939. The number of carbonyl (C=O) groups is 1. The number of aryl methyl sites for hydroxylation is 1. The van der Waals surface area contributed by atoms with Crippen LogP contribution in [0.4, 0.5) is 0 Å². The third-order valence-corrected chi connectivity index (χ3v) is 4.68. The van der Waals surface area contributed by atoms with Crippen LogP contribution in [-0.4, -0.2) is 28.5 Å². The van der Waals surface area contributed by atoms with E-state index in [0.717, 1.165) is 23.3 Å². The van der Waals surface area contributed by atoms with Gasteiger partial charge in [-0.25, -0.2) is 0 Å². The van der Waals surface area contributed by atoms with E-state index in [-0.39, 0.29) is 5.91 Å². The Hall–Kier alpha value is -0.420. The summed E-state index contributed by atoms with van der Waals surface area (Å²) in [7, 11) is 0. The summed E-state index contributed by atoms with van der Waals surface area (Å²) in [5.74, 6) is 3.10. The first kappa shape index (κ1) is 13.0. The number of carbonyl (C=O) groups excluding carboxylic acids is 1. The van der Waals surface area contributed by atoms with Crippen molar-refractivity contribution in [2.24, 2.45) is 5.92 Å². The lowest BCUT2D eigenvalue weighted by Gasteiger charge is -2.11. The van der Waals surface area contributed by atoms with Gasteiger partial charge in [0.15, 0.2) is 0 Å². The molecular formula is C12H17BrN2OS. The zero-order valence-corrected chi connectivity index (χ0v) is 12.3. The second-order valence-corrected chi connectivity index (χ2v) is 6.33. The van der Waals surface area contributed by atoms with Gasteiger partial charge in [-0.15, -0.1) is 0 Å². The highest BCUT2D eigenvalue weighted by Gasteiger charge is 2.18. The lowest BCUT2D eigenvalue weighted by Crippen LogP contribution is -2.30. The van der Waals surface area contributed by atoms with Crippen LogP contribution >= 0.6 is 27.7 Å². The molecule has 3 nitrogen and oxygen atoms in total. The van der Waals surface area contributed by atoms with E-state index in [0.29, 0.717) is 5.92 Å². The predicted octanol–water partition coefficient (Wildman–Crippen LogP) is 2.75. The van der Waals surface area contributed by atoms with Crippen molar-refractivity contribution in [3.8, 4) is 0 Å². The zero-order chi connectivity index (χ0) is 12.3. The van der Waals surface area contributed by atoms with Crippen molar-refractivity contribution >= 4 is 33.6 Å². The van der Waals surface area contributed by atoms with Crippen LogP contribution < -0.4 is 5.32 Å². The predicted molar refractivity (Wildman–Crippen MR) is 75.6 cm³/mol. The largest absolute Gasteiger partial charge is 0.350 e. The van der Waals surface area contributed by atoms with Gasteiger partial charge in [0.05, 0.1) is 0 Å². The van der Waals surface area contributed by atoms with Crippen LogP contribution in [0.1, 0.15) is 23.8 Å². The summed E-state index contributed by atoms with van der Waals surface area (Å²) in [6.07, 6.45) is 3.17. The Morgan fingerprint density at radius 1 is 1.71 bits per heavy atom. The molecule has 5 heteroatoms. The minimum Gasteiger partial charge on any atom is -0.350 e. The monoisotopic (exact) mass is 316 g/mol. The van der Waals surface area contributed by atoms with Gasteiger partial charge >= 0.3 is 0 Å². The van der Waals surface area contributed by atoms with Gasteiger partial charge in [-0.2, -0.15) is 11.8 Å². The summed E-state index contributed by atoms with van der Waals surface area (Å²) in [5, 5.41) is 3.04. The molecule has 2 rings (SSSR count). The number of hydrogen-bond donors (Lipinski definition) is 1. The fraction of sp³-hybridized carbons (Fsp3) is 0.583. The molecule has 1 aromatic heterocycles. The van der Waals surface area contributed by atoms with Crippen LogP contribution in [0.15, 0.2) is 16.7 Å². The summed E-state index contributed by atoms with van der Waals surface area (Å²) < 4.78 is 2.92. The number of halogens is 1. The molecule has 0 saturated carbocycles. The van der Waals surface area contributed by atoms with E-state index in [1.165, 1.54) is 17.9 Å². The molecule has 0 bridgehead atoms. The highest BCUT2D eigenvalue weighted by Crippen LogP contribution is 2.22. The fourth-order valence-corrected chi connectivity index (χ4v) is 3.75. The van der Waals surface area contributed by atoms with E-state index in [1.54, 1.807) is 0 Å². The third kappa shape index (κ3) is 3.28. The molecule has 0 aromatic carbocycles. The van der Waals surface area contributed by atoms with Crippen LogP contribution in [0.25, 0.3) is 0 Å². The van der Waals surface area contributed by atoms with Gasteiger partial charge in [0, 0.05) is 23.8 Å². The number of thioether (sulfide) groups is 1. The molecule has 94 valence electrons. The first-order valence-electron chi connectivity index (χ1n) is 5.92. The van der Waals surface area contributed by atoms with Crippen LogP contribution in [0.2, 0.25) is 0 Å². The molecule has 1 aliphatic rings. The second-order valence-electron chi connectivity index (χ2n) is 4.27. The van der Waals surface area contributed by atoms with Crippen molar-refractivity contribution in [1.82, 2.24) is 9.88 Å². The molecule has 1 saturated heterocycles. The standard InChI is InChI=1S/C12H17BrN2OS/c1-2-15-7-10(13)5-11(15)12(16)14-6-9-3-4-17-8-9/h5,7,9H,2-4,6,8H2,1H3,(H,14,16). The quantitative estimate of drug-likeness (QED) is 0.926. The third-order valence-electron chi connectivity index (χ3n) is 3.01. The Morgan fingerprint density at radius 3 is 3.18 bits per heavy atom. The van der Waals surface area contributed by atoms with Gasteiger partial charge in [0.2, 0.25) is 0 Å². The SMILES string of the molecule is CCn1cc(Br)cc1C(=O)NCC1CCSC1. The van der Waals surface area contributed by atoms with E-state index < -0.39 is 0 Å². The number of nitrogens with one attached hydrogen (secondary N) is 1. The van der Waals surface area contributed by atoms with Gasteiger partial charge in [-0.3, -0.25) is 4.79 Å². The molecule has 0 radical (unpaired) electrons. The molecule has 1 aliphatic heterocycles. The van der Waals surface area contributed by atoms with E-state index >= 15 is 0 Å². The normalized spacial score (nSPS) is 19.5. The average Bonchev–Trinajstić information content (AvgIpc) is 2.94. The topological polar surface area (TPSA) is 34.0 Å². The first-order chi connectivity index (χ1) is 8.20. The molecular weight excluding hydrogens is 300 g/mol. The van der Waals surface area contributed by atoms with E-state index in [1.807, 2.05) is 35.5 Å². The highest BCUT2D eigenvalue weighted by atomic mass is 79.9. The zero-order valence-electron chi connectivity index (χ0n) is 9.91. The van der Waals surface area contributed by atoms with Crippen LogP contribution in [0.5, 0.6) is 0 Å². The molecule has 1 fully saturated rings. The highest BCUT2D eigenvalue weighted by molar-refractivity contribution is 9.10. The number of nitrogens with zero attached hydrogens (tertiary/aromatic N) is 1. The second kappa shape index (κ2) is 5.96. The van der Waals surface area contributed by atoms with Crippen molar-refractivity contribution in [2.75, 3.05) is 18.1 Å². The smallest absolute Gasteiger partial charge is 0.267 e. The maximum absolute atomic E-state index is 12.0. The lowest BCUT2D eigenvalue weighted by atomic mass is 10.1. The van der Waals surface area contributed by atoms with Gasteiger partial charge in [-0.05, 0) is 52.8 Å². The van der Waals surface area contributed by atoms with Gasteiger partial charge < -0.3 is 9.88 Å². The molecule has 1 atom stereocenters. The van der Waals surface area contributed by atoms with Gasteiger partial charge in [-0.1, -0.05) is 0 Å². The van der Waals surface area contributed by atoms with Gasteiger partial charge in [0.1, 0.15) is 5.69 Å². The fourth-order valence-electron chi connectivity index (χ4n) is 2.00. The molecule has 0 aliphatic carbocycles. The summed E-state index contributed by atoms with van der Waals surface area (Å²) in [5.41, 5.74) is 0.741. The Balaban J connectivity index is 1.93. The van der Waals surface area contributed by atoms with Crippen molar-refractivity contribution < 1.29 is 4.79 Å². The minimum absolute atomic E-state index is 0.0365. The van der Waals surface area contributed by atoms with Crippen molar-refractivity contribution in [1.29, 1.82) is 0 Å². The Labute approximate surface area is 114 Å². The van der Waals surface area contributed by atoms with Crippen molar-refractivity contribution in [3.63, 3.8) is 0 Å². The van der Waals surface area contributed by atoms with Crippen LogP contribution in [0.3, 0.4) is 0 Å². The molecule has 17 heavy (non-hydrogen) atoms.